The minimum absolute atomic E-state index is 1.01. The minimum Gasteiger partial charge on any atom is -0.256 e. The zero-order valence-electron chi connectivity index (χ0n) is 23.9. The highest BCUT2D eigenvalue weighted by Gasteiger charge is 2.13. The number of benzene rings is 7. The summed E-state index contributed by atoms with van der Waals surface area (Å²) in [5.41, 5.74) is 9.28. The highest BCUT2D eigenvalue weighted by atomic mass is 14.6. The molecule has 0 aliphatic rings. The van der Waals surface area contributed by atoms with Gasteiger partial charge in [0.1, 0.15) is 0 Å². The van der Waals surface area contributed by atoms with Crippen LogP contribution in [0.4, 0.5) is 0 Å². The van der Waals surface area contributed by atoms with Crippen molar-refractivity contribution in [3.8, 4) is 33.4 Å². The summed E-state index contributed by atoms with van der Waals surface area (Å²) in [6, 6.07) is 52.9. The molecule has 7 aromatic carbocycles. The maximum absolute atomic E-state index is 4.52. The molecule has 2 nitrogen and oxygen atoms in total. The van der Waals surface area contributed by atoms with Gasteiger partial charge in [0, 0.05) is 23.2 Å². The van der Waals surface area contributed by atoms with Gasteiger partial charge in [-0.2, -0.15) is 0 Å². The molecule has 0 amide bonds. The summed E-state index contributed by atoms with van der Waals surface area (Å²) in [6.45, 7) is 0. The Morgan fingerprint density at radius 3 is 1.52 bits per heavy atom. The first-order valence-corrected chi connectivity index (χ1v) is 15.0. The third kappa shape index (κ3) is 4.11. The molecule has 9 aromatic rings. The van der Waals surface area contributed by atoms with Crippen molar-refractivity contribution in [2.75, 3.05) is 0 Å². The van der Waals surface area contributed by atoms with Gasteiger partial charge in [-0.25, -0.2) is 0 Å². The zero-order valence-corrected chi connectivity index (χ0v) is 23.9. The largest absolute Gasteiger partial charge is 0.256 e. The van der Waals surface area contributed by atoms with Gasteiger partial charge in [0.25, 0.3) is 0 Å². The van der Waals surface area contributed by atoms with Crippen LogP contribution in [0.1, 0.15) is 0 Å². The number of rotatable bonds is 3. The van der Waals surface area contributed by atoms with Gasteiger partial charge in [-0.1, -0.05) is 84.9 Å². The maximum Gasteiger partial charge on any atom is 0.0702 e. The van der Waals surface area contributed by atoms with Crippen molar-refractivity contribution in [3.63, 3.8) is 0 Å². The third-order valence-corrected chi connectivity index (χ3v) is 8.88. The van der Waals surface area contributed by atoms with Gasteiger partial charge in [-0.3, -0.25) is 9.97 Å². The van der Waals surface area contributed by atoms with Gasteiger partial charge in [0.15, 0.2) is 0 Å². The molecule has 44 heavy (non-hydrogen) atoms. The van der Waals surface area contributed by atoms with Gasteiger partial charge in [-0.05, 0) is 126 Å². The molecule has 0 fully saturated rings. The first kappa shape index (κ1) is 24.7. The Bertz CT molecular complexity index is 2560. The van der Waals surface area contributed by atoms with E-state index in [1.54, 1.807) is 0 Å². The quantitative estimate of drug-likeness (QED) is 0.202. The Kier molecular flexibility index (Phi) is 5.54. The number of pyridine rings is 2. The fourth-order valence-corrected chi connectivity index (χ4v) is 6.63. The van der Waals surface area contributed by atoms with Crippen LogP contribution in [-0.4, -0.2) is 9.97 Å². The molecule has 204 valence electrons. The SMILES string of the molecule is c1ccc2cc(-c3cc4cc(-c5ccc6ncccc6c5)ccc4c4cc(-c5ccc6ncccc6c5)ccc34)ccc2c1. The van der Waals surface area contributed by atoms with E-state index in [1.807, 2.05) is 24.5 Å². The molecule has 0 unspecified atom stereocenters. The summed E-state index contributed by atoms with van der Waals surface area (Å²) in [4.78, 5) is 9.03. The molecule has 9 rings (SSSR count). The Morgan fingerprint density at radius 2 is 0.818 bits per heavy atom. The van der Waals surface area contributed by atoms with Crippen molar-refractivity contribution in [3.05, 3.63) is 158 Å². The predicted molar refractivity (Wildman–Crippen MR) is 186 cm³/mol. The number of aromatic nitrogens is 2. The topological polar surface area (TPSA) is 25.8 Å². The van der Waals surface area contributed by atoms with Crippen LogP contribution in [0, 0.1) is 0 Å². The summed E-state index contributed by atoms with van der Waals surface area (Å²) in [6.07, 6.45) is 3.70. The fraction of sp³-hybridized carbons (Fsp3) is 0. The summed E-state index contributed by atoms with van der Waals surface area (Å²) in [5, 5.41) is 9.78. The Balaban J connectivity index is 1.29. The van der Waals surface area contributed by atoms with E-state index in [0.29, 0.717) is 0 Å². The average Bonchev–Trinajstić information content (AvgIpc) is 3.10. The van der Waals surface area contributed by atoms with E-state index in [1.165, 1.54) is 65.7 Å². The van der Waals surface area contributed by atoms with E-state index in [-0.39, 0.29) is 0 Å². The van der Waals surface area contributed by atoms with E-state index in [0.717, 1.165) is 21.8 Å². The molecule has 2 heteroatoms. The predicted octanol–water partition coefficient (Wildman–Crippen LogP) is 11.2. The van der Waals surface area contributed by atoms with Crippen molar-refractivity contribution >= 4 is 54.1 Å². The Hall–Kier alpha value is -5.86. The lowest BCUT2D eigenvalue weighted by Crippen LogP contribution is -1.88. The summed E-state index contributed by atoms with van der Waals surface area (Å²) in [5.74, 6) is 0. The molecule has 0 aliphatic carbocycles. The van der Waals surface area contributed by atoms with Crippen molar-refractivity contribution in [1.29, 1.82) is 0 Å². The van der Waals surface area contributed by atoms with Crippen LogP contribution in [0.25, 0.3) is 87.5 Å². The molecule has 0 N–H and O–H groups in total. The lowest BCUT2D eigenvalue weighted by Gasteiger charge is -2.15. The highest BCUT2D eigenvalue weighted by molar-refractivity contribution is 6.16. The van der Waals surface area contributed by atoms with E-state index >= 15 is 0 Å². The average molecular weight is 559 g/mol. The van der Waals surface area contributed by atoms with Crippen LogP contribution in [0.3, 0.4) is 0 Å². The molecule has 0 bridgehead atoms. The molecule has 2 aromatic heterocycles. The van der Waals surface area contributed by atoms with Gasteiger partial charge in [-0.15, -0.1) is 0 Å². The van der Waals surface area contributed by atoms with Crippen molar-refractivity contribution in [1.82, 2.24) is 9.97 Å². The first-order valence-electron chi connectivity index (χ1n) is 15.0. The summed E-state index contributed by atoms with van der Waals surface area (Å²) >= 11 is 0. The molecule has 0 saturated heterocycles. The lowest BCUT2D eigenvalue weighted by atomic mass is 9.89. The van der Waals surface area contributed by atoms with E-state index < -0.39 is 0 Å². The second-order valence-corrected chi connectivity index (χ2v) is 11.5. The molecule has 0 atom stereocenters. The molecular formula is C42H26N2. The molecule has 0 saturated carbocycles. The van der Waals surface area contributed by atoms with Gasteiger partial charge >= 0.3 is 0 Å². The number of fused-ring (bicyclic) bond motifs is 6. The van der Waals surface area contributed by atoms with Crippen LogP contribution < -0.4 is 0 Å². The molecule has 0 spiro atoms. The Labute approximate surface area is 254 Å². The smallest absolute Gasteiger partial charge is 0.0702 e. The van der Waals surface area contributed by atoms with E-state index in [4.69, 9.17) is 0 Å². The van der Waals surface area contributed by atoms with E-state index in [2.05, 4.69) is 143 Å². The van der Waals surface area contributed by atoms with Gasteiger partial charge < -0.3 is 0 Å². The molecule has 0 aliphatic heterocycles. The van der Waals surface area contributed by atoms with Crippen LogP contribution in [0.15, 0.2) is 158 Å². The van der Waals surface area contributed by atoms with Crippen molar-refractivity contribution < 1.29 is 0 Å². The molecular weight excluding hydrogens is 532 g/mol. The first-order chi connectivity index (χ1) is 21.8. The fourth-order valence-electron chi connectivity index (χ4n) is 6.63. The second-order valence-electron chi connectivity index (χ2n) is 11.5. The minimum atomic E-state index is 1.01. The van der Waals surface area contributed by atoms with Crippen LogP contribution in [0.5, 0.6) is 0 Å². The summed E-state index contributed by atoms with van der Waals surface area (Å²) < 4.78 is 0. The summed E-state index contributed by atoms with van der Waals surface area (Å²) in [7, 11) is 0. The van der Waals surface area contributed by atoms with Crippen LogP contribution >= 0.6 is 0 Å². The monoisotopic (exact) mass is 558 g/mol. The number of hydrogen-bond donors (Lipinski definition) is 0. The number of hydrogen-bond acceptors (Lipinski definition) is 2. The van der Waals surface area contributed by atoms with Gasteiger partial charge in [0.2, 0.25) is 0 Å². The van der Waals surface area contributed by atoms with Crippen LogP contribution in [0.2, 0.25) is 0 Å². The van der Waals surface area contributed by atoms with Crippen LogP contribution in [-0.2, 0) is 0 Å². The van der Waals surface area contributed by atoms with Crippen molar-refractivity contribution in [2.45, 2.75) is 0 Å². The second kappa shape index (κ2) is 9.86. The highest BCUT2D eigenvalue weighted by Crippen LogP contribution is 2.40. The standard InChI is InChI=1S/C42H26N2/c1-2-6-28-21-33(10-9-27(28)5-1)39-26-36-24-29(30-13-17-41-34(22-30)7-3-19-43-41)11-15-37(36)40-25-32(12-16-38(39)40)31-14-18-42-35(23-31)8-4-20-44-42/h1-26H. The maximum atomic E-state index is 4.52. The third-order valence-electron chi connectivity index (χ3n) is 8.88. The molecule has 2 heterocycles. The molecule has 0 radical (unpaired) electrons. The number of nitrogens with zero attached hydrogens (tertiary/aromatic N) is 2. The normalized spacial score (nSPS) is 11.6. The zero-order chi connectivity index (χ0) is 29.0. The lowest BCUT2D eigenvalue weighted by molar-refractivity contribution is 1.41. The van der Waals surface area contributed by atoms with Crippen molar-refractivity contribution in [2.24, 2.45) is 0 Å². The Morgan fingerprint density at radius 1 is 0.295 bits per heavy atom. The van der Waals surface area contributed by atoms with Gasteiger partial charge in [0.05, 0.1) is 11.0 Å². The van der Waals surface area contributed by atoms with E-state index in [9.17, 15) is 0 Å².